The fourth-order valence-corrected chi connectivity index (χ4v) is 5.68. The average molecular weight is 400 g/mol. The van der Waals surface area contributed by atoms with Crippen molar-refractivity contribution in [2.75, 3.05) is 13.1 Å². The Morgan fingerprint density at radius 1 is 1.23 bits per heavy atom. The van der Waals surface area contributed by atoms with Crippen molar-refractivity contribution >= 4 is 33.1 Å². The average Bonchev–Trinajstić information content (AvgIpc) is 2.97. The van der Waals surface area contributed by atoms with Gasteiger partial charge in [-0.2, -0.15) is 4.31 Å². The second-order valence-corrected chi connectivity index (χ2v) is 9.07. The number of hydrogen-bond donors (Lipinski definition) is 1. The van der Waals surface area contributed by atoms with E-state index < -0.39 is 33.7 Å². The number of thiophene rings is 1. The normalized spacial score (nSPS) is 15.6. The highest BCUT2D eigenvalue weighted by atomic mass is 32.2. The monoisotopic (exact) mass is 400 g/mol. The van der Waals surface area contributed by atoms with Crippen LogP contribution in [-0.4, -0.2) is 43.7 Å². The molecule has 1 aromatic heterocycles. The zero-order valence-corrected chi connectivity index (χ0v) is 14.9. The number of benzene rings is 1. The van der Waals surface area contributed by atoms with E-state index in [4.69, 9.17) is 5.73 Å². The quantitative estimate of drug-likeness (QED) is 0.747. The molecular weight excluding hydrogens is 386 g/mol. The first-order valence-electron chi connectivity index (χ1n) is 7.54. The molecule has 6 nitrogen and oxygen atoms in total. The van der Waals surface area contributed by atoms with E-state index in [9.17, 15) is 26.8 Å². The number of primary amides is 1. The zero-order valence-electron chi connectivity index (χ0n) is 13.3. The van der Waals surface area contributed by atoms with Gasteiger partial charge in [0, 0.05) is 24.4 Å². The van der Waals surface area contributed by atoms with Crippen molar-refractivity contribution in [2.24, 2.45) is 5.73 Å². The van der Waals surface area contributed by atoms with E-state index in [-0.39, 0.29) is 39.7 Å². The molecule has 2 heterocycles. The molecule has 1 saturated heterocycles. The molecule has 2 N–H and O–H groups in total. The highest BCUT2D eigenvalue weighted by molar-refractivity contribution is 7.91. The molecule has 26 heavy (non-hydrogen) atoms. The van der Waals surface area contributed by atoms with Crippen LogP contribution in [0.1, 0.15) is 25.6 Å². The van der Waals surface area contributed by atoms with E-state index in [0.717, 1.165) is 16.4 Å². The Balaban J connectivity index is 1.92. The Hall–Kier alpha value is -2.17. The van der Waals surface area contributed by atoms with Gasteiger partial charge >= 0.3 is 0 Å². The molecule has 0 radical (unpaired) electrons. The maximum absolute atomic E-state index is 13.7. The molecule has 0 saturated carbocycles. The van der Waals surface area contributed by atoms with Crippen LogP contribution < -0.4 is 5.73 Å². The number of carbonyl (C=O) groups excluding carboxylic acids is 2. The van der Waals surface area contributed by atoms with Crippen molar-refractivity contribution in [2.45, 2.75) is 16.8 Å². The van der Waals surface area contributed by atoms with Crippen LogP contribution in [0.25, 0.3) is 0 Å². The highest BCUT2D eigenvalue weighted by Crippen LogP contribution is 2.32. The molecule has 0 aliphatic carbocycles. The molecule has 0 spiro atoms. The molecule has 0 atom stereocenters. The number of nitrogens with two attached hydrogens (primary N) is 1. The van der Waals surface area contributed by atoms with Gasteiger partial charge in [0.05, 0.1) is 11.1 Å². The minimum Gasteiger partial charge on any atom is -0.366 e. The van der Waals surface area contributed by atoms with Gasteiger partial charge in [0.2, 0.25) is 5.91 Å². The summed E-state index contributed by atoms with van der Waals surface area (Å²) in [7, 11) is -3.96. The lowest BCUT2D eigenvalue weighted by Crippen LogP contribution is -2.51. The molecule has 1 aromatic carbocycles. The number of carbonyl (C=O) groups is 2. The largest absolute Gasteiger partial charge is 0.366 e. The smallest absolute Gasteiger partial charge is 0.252 e. The number of ketones is 1. The SMILES string of the molecule is NC(=O)c1cc(S(=O)(=O)N2CC(F)C2)sc1CC(=O)c1ccccc1F. The van der Waals surface area contributed by atoms with E-state index in [1.54, 1.807) is 0 Å². The summed E-state index contributed by atoms with van der Waals surface area (Å²) in [6.45, 7) is -0.509. The van der Waals surface area contributed by atoms with Crippen LogP contribution in [0, 0.1) is 5.82 Å². The molecule has 0 unspecified atom stereocenters. The van der Waals surface area contributed by atoms with Crippen LogP contribution in [0.3, 0.4) is 0 Å². The summed E-state index contributed by atoms with van der Waals surface area (Å²) in [6.07, 6.45) is -1.59. The maximum Gasteiger partial charge on any atom is 0.252 e. The summed E-state index contributed by atoms with van der Waals surface area (Å²) in [5, 5.41) is 0. The summed E-state index contributed by atoms with van der Waals surface area (Å²) in [5.41, 5.74) is 5.00. The van der Waals surface area contributed by atoms with Gasteiger partial charge in [-0.05, 0) is 18.2 Å². The Morgan fingerprint density at radius 2 is 1.88 bits per heavy atom. The van der Waals surface area contributed by atoms with Gasteiger partial charge in [0.25, 0.3) is 10.0 Å². The van der Waals surface area contributed by atoms with Crippen molar-refractivity contribution in [3.05, 3.63) is 52.2 Å². The molecular formula is C16H14F2N2O4S2. The van der Waals surface area contributed by atoms with E-state index in [1.165, 1.54) is 18.2 Å². The van der Waals surface area contributed by atoms with Crippen LogP contribution in [-0.2, 0) is 16.4 Å². The first-order chi connectivity index (χ1) is 12.2. The number of sulfonamides is 1. The van der Waals surface area contributed by atoms with Gasteiger partial charge in [-0.3, -0.25) is 9.59 Å². The van der Waals surface area contributed by atoms with Crippen molar-refractivity contribution < 1.29 is 26.8 Å². The third-order valence-corrected chi connectivity index (χ3v) is 7.36. The van der Waals surface area contributed by atoms with Gasteiger partial charge in [0.15, 0.2) is 5.78 Å². The molecule has 138 valence electrons. The Labute approximate surface area is 152 Å². The van der Waals surface area contributed by atoms with Crippen LogP contribution >= 0.6 is 11.3 Å². The minimum absolute atomic E-state index is 0.115. The summed E-state index contributed by atoms with van der Waals surface area (Å²) in [6, 6.07) is 6.44. The third kappa shape index (κ3) is 3.39. The molecule has 1 fully saturated rings. The van der Waals surface area contributed by atoms with E-state index in [1.807, 2.05) is 0 Å². The van der Waals surface area contributed by atoms with Crippen molar-refractivity contribution in [1.82, 2.24) is 4.31 Å². The standard InChI is InChI=1S/C16H14F2N2O4S2/c17-9-7-20(8-9)26(23,24)15-5-11(16(19)22)14(25-15)6-13(21)10-3-1-2-4-12(10)18/h1-5,9H,6-8H2,(H2,19,22). The summed E-state index contributed by atoms with van der Waals surface area (Å²) in [5.74, 6) is -2.22. The molecule has 1 amide bonds. The number of alkyl halides is 1. The zero-order chi connectivity index (χ0) is 19.1. The van der Waals surface area contributed by atoms with Crippen molar-refractivity contribution in [1.29, 1.82) is 0 Å². The molecule has 2 aromatic rings. The maximum atomic E-state index is 13.7. The van der Waals surface area contributed by atoms with Gasteiger partial charge < -0.3 is 5.73 Å². The predicted octanol–water partition coefficient (Wildman–Crippen LogP) is 1.75. The summed E-state index contributed by atoms with van der Waals surface area (Å²) >= 11 is 0.706. The lowest BCUT2D eigenvalue weighted by Gasteiger charge is -2.32. The van der Waals surface area contributed by atoms with Gasteiger partial charge in [0.1, 0.15) is 16.2 Å². The van der Waals surface area contributed by atoms with Gasteiger partial charge in [-0.1, -0.05) is 12.1 Å². The molecule has 10 heteroatoms. The Kier molecular flexibility index (Phi) is 4.91. The van der Waals surface area contributed by atoms with Crippen molar-refractivity contribution in [3.8, 4) is 0 Å². The Morgan fingerprint density at radius 3 is 2.46 bits per heavy atom. The first-order valence-corrected chi connectivity index (χ1v) is 9.80. The third-order valence-electron chi connectivity index (χ3n) is 3.94. The molecule has 0 bridgehead atoms. The molecule has 3 rings (SSSR count). The number of rotatable bonds is 6. The van der Waals surface area contributed by atoms with Crippen LogP contribution in [0.4, 0.5) is 8.78 Å². The number of Topliss-reactive ketones (excluding diaryl/α,β-unsaturated/α-hetero) is 1. The number of amides is 1. The van der Waals surface area contributed by atoms with E-state index >= 15 is 0 Å². The summed E-state index contributed by atoms with van der Waals surface area (Å²) < 4.78 is 52.3. The van der Waals surface area contributed by atoms with E-state index in [0.29, 0.717) is 11.3 Å². The van der Waals surface area contributed by atoms with Gasteiger partial charge in [-0.15, -0.1) is 11.3 Å². The van der Waals surface area contributed by atoms with E-state index in [2.05, 4.69) is 0 Å². The number of hydrogen-bond acceptors (Lipinski definition) is 5. The topological polar surface area (TPSA) is 97.5 Å². The van der Waals surface area contributed by atoms with Crippen molar-refractivity contribution in [3.63, 3.8) is 0 Å². The summed E-state index contributed by atoms with van der Waals surface area (Å²) in [4.78, 5) is 24.1. The Bertz CT molecular complexity index is 982. The minimum atomic E-state index is -3.96. The van der Waals surface area contributed by atoms with Crippen LogP contribution in [0.2, 0.25) is 0 Å². The lowest BCUT2D eigenvalue weighted by atomic mass is 10.1. The molecule has 1 aliphatic heterocycles. The molecule has 1 aliphatic rings. The lowest BCUT2D eigenvalue weighted by molar-refractivity contribution is 0.0989. The second kappa shape index (κ2) is 6.86. The highest BCUT2D eigenvalue weighted by Gasteiger charge is 2.38. The number of nitrogens with zero attached hydrogens (tertiary/aromatic N) is 1. The first kappa shape index (κ1) is 18.6. The fraction of sp³-hybridized carbons (Fsp3) is 0.250. The predicted molar refractivity (Wildman–Crippen MR) is 90.9 cm³/mol. The van der Waals surface area contributed by atoms with Crippen LogP contribution in [0.5, 0.6) is 0 Å². The number of halogens is 2. The van der Waals surface area contributed by atoms with Gasteiger partial charge in [-0.25, -0.2) is 17.2 Å². The second-order valence-electron chi connectivity index (χ2n) is 5.77. The fourth-order valence-electron chi connectivity index (χ4n) is 2.51. The van der Waals surface area contributed by atoms with Crippen LogP contribution in [0.15, 0.2) is 34.5 Å².